The molecular weight excluding hydrogens is 475 g/mol. The molecule has 2 aromatic heterocycles. The van der Waals surface area contributed by atoms with E-state index in [0.717, 1.165) is 8.95 Å². The number of fused-ring (bicyclic) bond motifs is 1. The molecular formula is C17H7Br2ClN2O3. The molecule has 0 spiro atoms. The Kier molecular flexibility index (Phi) is 4.23. The van der Waals surface area contributed by atoms with Crippen LogP contribution in [0.5, 0.6) is 0 Å². The molecule has 0 aliphatic carbocycles. The van der Waals surface area contributed by atoms with Crippen molar-refractivity contribution in [2.24, 2.45) is 0 Å². The van der Waals surface area contributed by atoms with Gasteiger partial charge in [-0.2, -0.15) is 4.98 Å². The van der Waals surface area contributed by atoms with Crippen molar-refractivity contribution in [3.63, 3.8) is 0 Å². The molecule has 124 valence electrons. The van der Waals surface area contributed by atoms with E-state index in [1.54, 1.807) is 30.3 Å². The highest BCUT2D eigenvalue weighted by atomic mass is 79.9. The number of benzene rings is 2. The van der Waals surface area contributed by atoms with Gasteiger partial charge in [0.1, 0.15) is 0 Å². The lowest BCUT2D eigenvalue weighted by Gasteiger charge is -2.00. The summed E-state index contributed by atoms with van der Waals surface area (Å²) in [5.74, 6) is 0.600. The number of halogens is 3. The number of nitrogens with zero attached hydrogens (tertiary/aromatic N) is 2. The van der Waals surface area contributed by atoms with Gasteiger partial charge in [-0.15, -0.1) is 0 Å². The summed E-state index contributed by atoms with van der Waals surface area (Å²) in [6, 6.07) is 12.3. The molecule has 0 aliphatic rings. The topological polar surface area (TPSA) is 69.1 Å². The summed E-state index contributed by atoms with van der Waals surface area (Å²) < 4.78 is 12.2. The van der Waals surface area contributed by atoms with Gasteiger partial charge in [0.15, 0.2) is 5.76 Å². The van der Waals surface area contributed by atoms with Gasteiger partial charge < -0.3 is 8.94 Å². The van der Waals surface area contributed by atoms with Gasteiger partial charge in [0.25, 0.3) is 5.89 Å². The SMILES string of the molecule is O=c1oc(-c2nc(-c3ccc(Br)cc3Cl)no2)cc2c(Br)cccc12. The van der Waals surface area contributed by atoms with E-state index in [0.29, 0.717) is 27.2 Å². The van der Waals surface area contributed by atoms with Gasteiger partial charge in [0.05, 0.1) is 10.4 Å². The van der Waals surface area contributed by atoms with E-state index in [4.69, 9.17) is 20.5 Å². The van der Waals surface area contributed by atoms with Crippen molar-refractivity contribution >= 4 is 54.2 Å². The zero-order valence-corrected chi connectivity index (χ0v) is 16.2. The van der Waals surface area contributed by atoms with Crippen LogP contribution in [0.15, 0.2) is 65.1 Å². The van der Waals surface area contributed by atoms with E-state index in [1.165, 1.54) is 0 Å². The van der Waals surface area contributed by atoms with E-state index in [-0.39, 0.29) is 11.7 Å². The lowest BCUT2D eigenvalue weighted by Crippen LogP contribution is -2.00. The van der Waals surface area contributed by atoms with Gasteiger partial charge in [-0.3, -0.25) is 0 Å². The van der Waals surface area contributed by atoms with Crippen LogP contribution in [0.2, 0.25) is 5.02 Å². The molecule has 0 radical (unpaired) electrons. The van der Waals surface area contributed by atoms with E-state index in [2.05, 4.69) is 42.0 Å². The van der Waals surface area contributed by atoms with Gasteiger partial charge >= 0.3 is 5.63 Å². The van der Waals surface area contributed by atoms with Crippen molar-refractivity contribution in [1.82, 2.24) is 10.1 Å². The van der Waals surface area contributed by atoms with Crippen LogP contribution in [-0.4, -0.2) is 10.1 Å². The summed E-state index contributed by atoms with van der Waals surface area (Å²) in [5, 5.41) is 5.57. The second kappa shape index (κ2) is 6.40. The van der Waals surface area contributed by atoms with Crippen molar-refractivity contribution in [3.8, 4) is 23.0 Å². The standard InChI is InChI=1S/C17H7Br2ClN2O3/c18-8-4-5-10(13(20)6-8)15-21-16(25-22-15)14-7-11-9(17(23)24-14)2-1-3-12(11)19/h1-7H. The van der Waals surface area contributed by atoms with E-state index in [9.17, 15) is 4.79 Å². The van der Waals surface area contributed by atoms with Crippen LogP contribution in [0.1, 0.15) is 0 Å². The fourth-order valence-electron chi connectivity index (χ4n) is 2.39. The Balaban J connectivity index is 1.84. The molecule has 5 nitrogen and oxygen atoms in total. The molecule has 4 rings (SSSR count). The van der Waals surface area contributed by atoms with Crippen molar-refractivity contribution in [2.45, 2.75) is 0 Å². The normalized spacial score (nSPS) is 11.2. The third kappa shape index (κ3) is 3.03. The highest BCUT2D eigenvalue weighted by molar-refractivity contribution is 9.11. The summed E-state index contributed by atoms with van der Waals surface area (Å²) >= 11 is 13.0. The quantitative estimate of drug-likeness (QED) is 0.367. The third-order valence-corrected chi connectivity index (χ3v) is 5.06. The van der Waals surface area contributed by atoms with Crippen molar-refractivity contribution in [1.29, 1.82) is 0 Å². The number of aromatic nitrogens is 2. The first-order valence-electron chi connectivity index (χ1n) is 7.05. The van der Waals surface area contributed by atoms with Crippen LogP contribution in [-0.2, 0) is 0 Å². The van der Waals surface area contributed by atoms with Crippen LogP contribution in [0.25, 0.3) is 33.8 Å². The number of hydrogen-bond acceptors (Lipinski definition) is 5. The molecule has 0 aliphatic heterocycles. The molecule has 0 saturated heterocycles. The molecule has 0 atom stereocenters. The second-order valence-electron chi connectivity index (χ2n) is 5.15. The summed E-state index contributed by atoms with van der Waals surface area (Å²) in [4.78, 5) is 16.5. The molecule has 2 heterocycles. The molecule has 0 saturated carbocycles. The Morgan fingerprint density at radius 2 is 1.88 bits per heavy atom. The molecule has 0 N–H and O–H groups in total. The minimum atomic E-state index is -0.477. The number of hydrogen-bond donors (Lipinski definition) is 0. The van der Waals surface area contributed by atoms with Crippen molar-refractivity contribution in [3.05, 3.63) is 66.9 Å². The van der Waals surface area contributed by atoms with Crippen molar-refractivity contribution < 1.29 is 8.94 Å². The van der Waals surface area contributed by atoms with E-state index in [1.807, 2.05) is 12.1 Å². The maximum atomic E-state index is 12.2. The first-order chi connectivity index (χ1) is 12.0. The molecule has 4 aromatic rings. The minimum Gasteiger partial charge on any atom is -0.417 e. The van der Waals surface area contributed by atoms with Crippen LogP contribution >= 0.6 is 43.5 Å². The molecule has 0 unspecified atom stereocenters. The van der Waals surface area contributed by atoms with Gasteiger partial charge in [0.2, 0.25) is 5.82 Å². The minimum absolute atomic E-state index is 0.101. The molecule has 8 heteroatoms. The average Bonchev–Trinajstić information content (AvgIpc) is 3.05. The molecule has 25 heavy (non-hydrogen) atoms. The highest BCUT2D eigenvalue weighted by Gasteiger charge is 2.17. The van der Waals surface area contributed by atoms with Crippen LogP contribution in [0.4, 0.5) is 0 Å². The maximum Gasteiger partial charge on any atom is 0.344 e. The van der Waals surface area contributed by atoms with Gasteiger partial charge in [0, 0.05) is 19.9 Å². The Morgan fingerprint density at radius 3 is 2.68 bits per heavy atom. The van der Waals surface area contributed by atoms with Crippen LogP contribution in [0.3, 0.4) is 0 Å². The summed E-state index contributed by atoms with van der Waals surface area (Å²) in [6.07, 6.45) is 0. The Bertz CT molecular complexity index is 1170. The Morgan fingerprint density at radius 1 is 1.04 bits per heavy atom. The molecule has 0 bridgehead atoms. The maximum absolute atomic E-state index is 12.2. The van der Waals surface area contributed by atoms with Gasteiger partial charge in [-0.1, -0.05) is 54.7 Å². The van der Waals surface area contributed by atoms with Gasteiger partial charge in [-0.05, 0) is 36.4 Å². The summed E-state index contributed by atoms with van der Waals surface area (Å²) in [6.45, 7) is 0. The van der Waals surface area contributed by atoms with E-state index < -0.39 is 5.63 Å². The Labute approximate surface area is 162 Å². The predicted molar refractivity (Wildman–Crippen MR) is 102 cm³/mol. The lowest BCUT2D eigenvalue weighted by molar-refractivity contribution is 0.411. The zero-order chi connectivity index (χ0) is 17.6. The smallest absolute Gasteiger partial charge is 0.344 e. The average molecular weight is 483 g/mol. The summed E-state index contributed by atoms with van der Waals surface area (Å²) in [5.41, 5.74) is 0.138. The molecule has 2 aromatic carbocycles. The lowest BCUT2D eigenvalue weighted by atomic mass is 10.1. The Hall–Kier alpha value is -1.96. The fourth-order valence-corrected chi connectivity index (χ4v) is 3.62. The predicted octanol–water partition coefficient (Wildman–Crippen LogP) is 5.69. The first kappa shape index (κ1) is 16.5. The second-order valence-corrected chi connectivity index (χ2v) is 7.32. The van der Waals surface area contributed by atoms with Gasteiger partial charge in [-0.25, -0.2) is 4.79 Å². The van der Waals surface area contributed by atoms with Crippen LogP contribution < -0.4 is 5.63 Å². The van der Waals surface area contributed by atoms with Crippen molar-refractivity contribution in [2.75, 3.05) is 0 Å². The monoisotopic (exact) mass is 480 g/mol. The largest absolute Gasteiger partial charge is 0.417 e. The number of rotatable bonds is 2. The highest BCUT2D eigenvalue weighted by Crippen LogP contribution is 2.31. The van der Waals surface area contributed by atoms with E-state index >= 15 is 0 Å². The van der Waals surface area contributed by atoms with Crippen LogP contribution in [0, 0.1) is 0 Å². The molecule has 0 fully saturated rings. The zero-order valence-electron chi connectivity index (χ0n) is 12.3. The molecule has 0 amide bonds. The summed E-state index contributed by atoms with van der Waals surface area (Å²) in [7, 11) is 0. The fraction of sp³-hybridized carbons (Fsp3) is 0. The first-order valence-corrected chi connectivity index (χ1v) is 9.01. The third-order valence-electron chi connectivity index (χ3n) is 3.56.